The minimum atomic E-state index is 0. The van der Waals surface area contributed by atoms with Crippen LogP contribution in [0.5, 0.6) is 11.5 Å². The average molecular weight is 331 g/mol. The molecule has 0 saturated carbocycles. The van der Waals surface area contributed by atoms with Gasteiger partial charge in [0.15, 0.2) is 0 Å². The van der Waals surface area contributed by atoms with Crippen LogP contribution in [-0.2, 0) is 13.2 Å². The second kappa shape index (κ2) is 7.81. The highest BCUT2D eigenvalue weighted by molar-refractivity contribution is 5.86. The molecule has 23 heavy (non-hydrogen) atoms. The molecule has 4 nitrogen and oxygen atoms in total. The number of nitrogens with two attached hydrogens (primary N) is 1. The molecule has 0 saturated heterocycles. The smallest absolute Gasteiger partial charge is 0.131 e. The standard InChI is InChI=1S/C18H18N2O2.ClH/c1-21-15-7-8-17-16(10-15)18(9-14(11-19)20-17)22-12-13-5-3-2-4-6-13;/h2-10H,11-12,19H2,1H3;1H. The summed E-state index contributed by atoms with van der Waals surface area (Å²) in [7, 11) is 1.65. The fraction of sp³-hybridized carbons (Fsp3) is 0.167. The summed E-state index contributed by atoms with van der Waals surface area (Å²) in [5.74, 6) is 1.55. The van der Waals surface area contributed by atoms with Crippen LogP contribution < -0.4 is 15.2 Å². The molecule has 2 aromatic carbocycles. The molecular weight excluding hydrogens is 312 g/mol. The first-order valence-electron chi connectivity index (χ1n) is 7.14. The van der Waals surface area contributed by atoms with E-state index < -0.39 is 0 Å². The minimum absolute atomic E-state index is 0. The Morgan fingerprint density at radius 3 is 2.52 bits per heavy atom. The quantitative estimate of drug-likeness (QED) is 0.775. The number of ether oxygens (including phenoxy) is 2. The maximum absolute atomic E-state index is 6.00. The van der Waals surface area contributed by atoms with Crippen molar-refractivity contribution in [3.63, 3.8) is 0 Å². The molecule has 0 radical (unpaired) electrons. The van der Waals surface area contributed by atoms with Crippen molar-refractivity contribution >= 4 is 23.3 Å². The Bertz CT molecular complexity index is 779. The Hall–Kier alpha value is -2.30. The Labute approximate surface area is 141 Å². The fourth-order valence-corrected chi connectivity index (χ4v) is 2.31. The molecule has 5 heteroatoms. The van der Waals surface area contributed by atoms with Gasteiger partial charge < -0.3 is 15.2 Å². The van der Waals surface area contributed by atoms with E-state index in [0.717, 1.165) is 33.7 Å². The number of halogens is 1. The normalized spacial score (nSPS) is 10.2. The molecule has 0 aliphatic carbocycles. The lowest BCUT2D eigenvalue weighted by molar-refractivity contribution is 0.309. The van der Waals surface area contributed by atoms with Gasteiger partial charge in [-0.1, -0.05) is 30.3 Å². The summed E-state index contributed by atoms with van der Waals surface area (Å²) in [5.41, 5.74) is 8.51. The molecule has 0 spiro atoms. The topological polar surface area (TPSA) is 57.4 Å². The number of methoxy groups -OCH3 is 1. The molecular formula is C18H19ClN2O2. The van der Waals surface area contributed by atoms with Gasteiger partial charge >= 0.3 is 0 Å². The minimum Gasteiger partial charge on any atom is -0.497 e. The third kappa shape index (κ3) is 3.92. The van der Waals surface area contributed by atoms with Crippen LogP contribution in [0.25, 0.3) is 10.9 Å². The molecule has 0 aliphatic rings. The summed E-state index contributed by atoms with van der Waals surface area (Å²) in [4.78, 5) is 4.52. The van der Waals surface area contributed by atoms with Crippen molar-refractivity contribution in [3.05, 3.63) is 65.9 Å². The van der Waals surface area contributed by atoms with Gasteiger partial charge in [-0.05, 0) is 23.8 Å². The van der Waals surface area contributed by atoms with E-state index in [0.29, 0.717) is 13.2 Å². The molecule has 1 heterocycles. The fourth-order valence-electron chi connectivity index (χ4n) is 2.31. The number of rotatable bonds is 5. The van der Waals surface area contributed by atoms with Gasteiger partial charge in [0.05, 0.1) is 18.3 Å². The van der Waals surface area contributed by atoms with Crippen molar-refractivity contribution in [2.45, 2.75) is 13.2 Å². The zero-order valence-electron chi connectivity index (χ0n) is 12.9. The number of pyridine rings is 1. The summed E-state index contributed by atoms with van der Waals surface area (Å²) < 4.78 is 11.3. The number of hydrogen-bond donors (Lipinski definition) is 1. The van der Waals surface area contributed by atoms with Crippen molar-refractivity contribution in [2.24, 2.45) is 5.73 Å². The summed E-state index contributed by atoms with van der Waals surface area (Å²) in [6, 6.07) is 17.7. The van der Waals surface area contributed by atoms with Crippen LogP contribution in [0.2, 0.25) is 0 Å². The summed E-state index contributed by atoms with van der Waals surface area (Å²) in [6.45, 7) is 0.880. The Morgan fingerprint density at radius 2 is 1.83 bits per heavy atom. The molecule has 2 N–H and O–H groups in total. The van der Waals surface area contributed by atoms with E-state index in [1.807, 2.05) is 54.6 Å². The molecule has 0 aliphatic heterocycles. The first-order chi connectivity index (χ1) is 10.8. The zero-order valence-corrected chi connectivity index (χ0v) is 13.7. The maximum Gasteiger partial charge on any atom is 0.131 e. The SMILES string of the molecule is COc1ccc2nc(CN)cc(OCc3ccccc3)c2c1.Cl. The molecule has 0 bridgehead atoms. The average Bonchev–Trinajstić information content (AvgIpc) is 2.59. The number of benzene rings is 2. The summed E-state index contributed by atoms with van der Waals surface area (Å²) in [5, 5.41) is 0.924. The molecule has 3 aromatic rings. The highest BCUT2D eigenvalue weighted by Gasteiger charge is 2.08. The van der Waals surface area contributed by atoms with E-state index in [9.17, 15) is 0 Å². The van der Waals surface area contributed by atoms with Crippen LogP contribution in [-0.4, -0.2) is 12.1 Å². The third-order valence-corrected chi connectivity index (χ3v) is 3.48. The van der Waals surface area contributed by atoms with Crippen LogP contribution >= 0.6 is 12.4 Å². The van der Waals surface area contributed by atoms with Gasteiger partial charge in [-0.15, -0.1) is 12.4 Å². The molecule has 0 atom stereocenters. The van der Waals surface area contributed by atoms with Gasteiger partial charge in [0.1, 0.15) is 18.1 Å². The number of hydrogen-bond acceptors (Lipinski definition) is 4. The number of fused-ring (bicyclic) bond motifs is 1. The summed E-state index contributed by atoms with van der Waals surface area (Å²) >= 11 is 0. The highest BCUT2D eigenvalue weighted by Crippen LogP contribution is 2.29. The van der Waals surface area contributed by atoms with Crippen LogP contribution in [0.4, 0.5) is 0 Å². The predicted molar refractivity (Wildman–Crippen MR) is 94.2 cm³/mol. The molecule has 0 amide bonds. The number of aromatic nitrogens is 1. The first-order valence-corrected chi connectivity index (χ1v) is 7.14. The van der Waals surface area contributed by atoms with Gasteiger partial charge in [0.25, 0.3) is 0 Å². The first kappa shape index (κ1) is 17.1. The van der Waals surface area contributed by atoms with Gasteiger partial charge in [-0.3, -0.25) is 4.98 Å². The molecule has 0 unspecified atom stereocenters. The maximum atomic E-state index is 6.00. The Kier molecular flexibility index (Phi) is 5.79. The molecule has 3 rings (SSSR count). The van der Waals surface area contributed by atoms with E-state index in [-0.39, 0.29) is 12.4 Å². The second-order valence-corrected chi connectivity index (χ2v) is 4.97. The van der Waals surface area contributed by atoms with Crippen molar-refractivity contribution in [1.82, 2.24) is 4.98 Å². The second-order valence-electron chi connectivity index (χ2n) is 4.97. The van der Waals surface area contributed by atoms with Crippen LogP contribution in [0.15, 0.2) is 54.6 Å². The van der Waals surface area contributed by atoms with E-state index in [1.165, 1.54) is 0 Å². The highest BCUT2D eigenvalue weighted by atomic mass is 35.5. The lowest BCUT2D eigenvalue weighted by Gasteiger charge is -2.12. The van der Waals surface area contributed by atoms with Gasteiger partial charge in [-0.25, -0.2) is 0 Å². The molecule has 0 fully saturated rings. The third-order valence-electron chi connectivity index (χ3n) is 3.48. The summed E-state index contributed by atoms with van der Waals surface area (Å²) in [6.07, 6.45) is 0. The van der Waals surface area contributed by atoms with E-state index in [4.69, 9.17) is 15.2 Å². The molecule has 1 aromatic heterocycles. The lowest BCUT2D eigenvalue weighted by atomic mass is 10.1. The van der Waals surface area contributed by atoms with Gasteiger partial charge in [0, 0.05) is 18.0 Å². The monoisotopic (exact) mass is 330 g/mol. The van der Waals surface area contributed by atoms with E-state index >= 15 is 0 Å². The van der Waals surface area contributed by atoms with Gasteiger partial charge in [-0.2, -0.15) is 0 Å². The Morgan fingerprint density at radius 1 is 1.04 bits per heavy atom. The van der Waals surface area contributed by atoms with Crippen molar-refractivity contribution < 1.29 is 9.47 Å². The van der Waals surface area contributed by atoms with Crippen molar-refractivity contribution in [1.29, 1.82) is 0 Å². The van der Waals surface area contributed by atoms with E-state index in [1.54, 1.807) is 7.11 Å². The largest absolute Gasteiger partial charge is 0.497 e. The van der Waals surface area contributed by atoms with E-state index in [2.05, 4.69) is 4.98 Å². The van der Waals surface area contributed by atoms with Crippen molar-refractivity contribution in [2.75, 3.05) is 7.11 Å². The Balaban J connectivity index is 0.00000192. The molecule has 120 valence electrons. The van der Waals surface area contributed by atoms with Gasteiger partial charge in [0.2, 0.25) is 0 Å². The van der Waals surface area contributed by atoms with Crippen molar-refractivity contribution in [3.8, 4) is 11.5 Å². The lowest BCUT2D eigenvalue weighted by Crippen LogP contribution is -2.03. The predicted octanol–water partition coefficient (Wildman–Crippen LogP) is 3.70. The van der Waals surface area contributed by atoms with Crippen LogP contribution in [0.3, 0.4) is 0 Å². The van der Waals surface area contributed by atoms with Crippen LogP contribution in [0, 0.1) is 0 Å². The zero-order chi connectivity index (χ0) is 15.4. The number of nitrogens with zero attached hydrogens (tertiary/aromatic N) is 1. The van der Waals surface area contributed by atoms with Crippen LogP contribution in [0.1, 0.15) is 11.3 Å².